The maximum Gasteiger partial charge on any atom is 0.417 e. The van der Waals surface area contributed by atoms with Crippen molar-refractivity contribution in [3.63, 3.8) is 0 Å². The molecule has 3 rings (SSSR count). The van der Waals surface area contributed by atoms with Gasteiger partial charge in [-0.05, 0) is 29.3 Å². The lowest BCUT2D eigenvalue weighted by Crippen LogP contribution is -1.94. The Morgan fingerprint density at radius 3 is 2.74 bits per heavy atom. The Kier molecular flexibility index (Phi) is 3.09. The fourth-order valence-electron chi connectivity index (χ4n) is 1.98. The molecule has 1 unspecified atom stereocenters. The summed E-state index contributed by atoms with van der Waals surface area (Å²) in [6.45, 7) is 0. The fourth-order valence-corrected chi connectivity index (χ4v) is 2.61. The number of hydrogen-bond donors (Lipinski definition) is 1. The number of hydrogen-bond acceptors (Lipinski definition) is 2. The zero-order chi connectivity index (χ0) is 13.4. The van der Waals surface area contributed by atoms with E-state index in [4.69, 9.17) is 27.6 Å². The molecule has 2 aromatic carbocycles. The van der Waals surface area contributed by atoms with E-state index in [2.05, 4.69) is 4.98 Å². The largest absolute Gasteiger partial charge is 0.417 e. The minimum Gasteiger partial charge on any atom is -0.408 e. The van der Waals surface area contributed by atoms with Crippen LogP contribution in [0.5, 0.6) is 0 Å². The molecule has 3 aromatic rings. The molecule has 0 aliphatic rings. The first-order chi connectivity index (χ1) is 9.15. The van der Waals surface area contributed by atoms with Crippen molar-refractivity contribution in [2.45, 2.75) is 5.38 Å². The molecule has 19 heavy (non-hydrogen) atoms. The Balaban J connectivity index is 2.08. The Morgan fingerprint density at radius 1 is 1.16 bits per heavy atom. The lowest BCUT2D eigenvalue weighted by Gasteiger charge is -2.11. The van der Waals surface area contributed by atoms with Gasteiger partial charge in [-0.15, -0.1) is 11.6 Å². The molecule has 0 saturated heterocycles. The van der Waals surface area contributed by atoms with E-state index in [-0.39, 0.29) is 0 Å². The normalized spacial score (nSPS) is 12.7. The lowest BCUT2D eigenvalue weighted by molar-refractivity contribution is 0.555. The van der Waals surface area contributed by atoms with Gasteiger partial charge in [0, 0.05) is 5.02 Å². The minimum atomic E-state index is -0.476. The molecule has 96 valence electrons. The molecule has 1 aromatic heterocycles. The number of oxazole rings is 1. The highest BCUT2D eigenvalue weighted by Crippen LogP contribution is 2.34. The number of H-pyrrole nitrogens is 1. The monoisotopic (exact) mass is 293 g/mol. The van der Waals surface area contributed by atoms with Gasteiger partial charge in [0.05, 0.1) is 10.9 Å². The Hall–Kier alpha value is -1.71. The average Bonchev–Trinajstić information content (AvgIpc) is 2.77. The maximum atomic E-state index is 11.1. The minimum absolute atomic E-state index is 0.390. The van der Waals surface area contributed by atoms with Crippen molar-refractivity contribution < 1.29 is 4.42 Å². The van der Waals surface area contributed by atoms with E-state index in [9.17, 15) is 4.79 Å². The molecular formula is C14H9Cl2NO2. The second-order valence-corrected chi connectivity index (χ2v) is 5.00. The van der Waals surface area contributed by atoms with Crippen molar-refractivity contribution >= 4 is 34.3 Å². The van der Waals surface area contributed by atoms with Gasteiger partial charge in [0.1, 0.15) is 0 Å². The van der Waals surface area contributed by atoms with Gasteiger partial charge in [-0.2, -0.15) is 0 Å². The highest BCUT2D eigenvalue weighted by atomic mass is 35.5. The quantitative estimate of drug-likeness (QED) is 0.723. The number of rotatable bonds is 2. The van der Waals surface area contributed by atoms with Crippen LogP contribution in [0.25, 0.3) is 11.1 Å². The summed E-state index contributed by atoms with van der Waals surface area (Å²) in [5, 5.41) is 0.219. The first-order valence-electron chi connectivity index (χ1n) is 5.66. The lowest BCUT2D eigenvalue weighted by atomic mass is 10.0. The van der Waals surface area contributed by atoms with Gasteiger partial charge in [0.25, 0.3) is 0 Å². The third-order valence-electron chi connectivity index (χ3n) is 2.92. The van der Waals surface area contributed by atoms with Crippen LogP contribution in [0.4, 0.5) is 0 Å². The van der Waals surface area contributed by atoms with E-state index in [0.717, 1.165) is 11.1 Å². The number of aromatic amines is 1. The van der Waals surface area contributed by atoms with Crippen LogP contribution < -0.4 is 5.76 Å². The van der Waals surface area contributed by atoms with Crippen molar-refractivity contribution in [3.05, 3.63) is 69.2 Å². The van der Waals surface area contributed by atoms with Crippen LogP contribution in [0.1, 0.15) is 16.5 Å². The molecule has 0 aliphatic carbocycles. The topological polar surface area (TPSA) is 46.0 Å². The van der Waals surface area contributed by atoms with Crippen molar-refractivity contribution in [1.29, 1.82) is 0 Å². The maximum absolute atomic E-state index is 11.1. The molecule has 0 aliphatic heterocycles. The van der Waals surface area contributed by atoms with Crippen LogP contribution in [0.15, 0.2) is 51.7 Å². The van der Waals surface area contributed by atoms with Crippen LogP contribution >= 0.6 is 23.2 Å². The molecular weight excluding hydrogens is 285 g/mol. The molecule has 5 heteroatoms. The molecule has 0 fully saturated rings. The Labute approximate surface area is 118 Å². The molecule has 0 bridgehead atoms. The smallest absolute Gasteiger partial charge is 0.408 e. The van der Waals surface area contributed by atoms with Gasteiger partial charge in [0.2, 0.25) is 0 Å². The van der Waals surface area contributed by atoms with Crippen LogP contribution in [-0.2, 0) is 0 Å². The summed E-state index contributed by atoms with van der Waals surface area (Å²) in [7, 11) is 0. The highest BCUT2D eigenvalue weighted by Gasteiger charge is 2.15. The summed E-state index contributed by atoms with van der Waals surface area (Å²) in [4.78, 5) is 13.7. The standard InChI is InChI=1S/C14H9Cl2NO2/c15-10-4-2-1-3-9(10)13(16)8-5-6-11-12(7-8)19-14(18)17-11/h1-7,13H,(H,17,18). The van der Waals surface area contributed by atoms with Gasteiger partial charge in [0.15, 0.2) is 5.58 Å². The average molecular weight is 294 g/mol. The van der Waals surface area contributed by atoms with Gasteiger partial charge in [-0.25, -0.2) is 4.79 Å². The van der Waals surface area contributed by atoms with Crippen molar-refractivity contribution in [2.24, 2.45) is 0 Å². The van der Waals surface area contributed by atoms with E-state index in [1.54, 1.807) is 18.2 Å². The summed E-state index contributed by atoms with van der Waals surface area (Å²) >= 11 is 12.6. The van der Waals surface area contributed by atoms with E-state index in [0.29, 0.717) is 16.1 Å². The number of halogens is 2. The third kappa shape index (κ3) is 2.27. The summed E-state index contributed by atoms with van der Waals surface area (Å²) in [5.74, 6) is -0.476. The number of fused-ring (bicyclic) bond motifs is 1. The molecule has 1 heterocycles. The number of benzene rings is 2. The third-order valence-corrected chi connectivity index (χ3v) is 3.75. The first-order valence-corrected chi connectivity index (χ1v) is 6.48. The molecule has 0 amide bonds. The molecule has 3 nitrogen and oxygen atoms in total. The van der Waals surface area contributed by atoms with E-state index in [1.165, 1.54) is 0 Å². The van der Waals surface area contributed by atoms with E-state index < -0.39 is 11.1 Å². The SMILES string of the molecule is O=c1[nH]c2ccc(C(Cl)c3ccccc3Cl)cc2o1. The summed E-state index contributed by atoms with van der Waals surface area (Å²) < 4.78 is 5.02. The van der Waals surface area contributed by atoms with Gasteiger partial charge >= 0.3 is 5.76 Å². The highest BCUT2D eigenvalue weighted by molar-refractivity contribution is 6.33. The molecule has 0 spiro atoms. The molecule has 1 atom stereocenters. The fraction of sp³-hybridized carbons (Fsp3) is 0.0714. The van der Waals surface area contributed by atoms with Crippen LogP contribution in [0, 0.1) is 0 Å². The number of nitrogens with one attached hydrogen (secondary N) is 1. The number of aromatic nitrogens is 1. The van der Waals surface area contributed by atoms with Crippen molar-refractivity contribution in [1.82, 2.24) is 4.98 Å². The summed E-state index contributed by atoms with van der Waals surface area (Å²) in [6, 6.07) is 12.7. The van der Waals surface area contributed by atoms with Crippen LogP contribution in [0.2, 0.25) is 5.02 Å². The molecule has 1 N–H and O–H groups in total. The van der Waals surface area contributed by atoms with E-state index >= 15 is 0 Å². The number of alkyl halides is 1. The van der Waals surface area contributed by atoms with Gasteiger partial charge in [-0.1, -0.05) is 35.9 Å². The first kappa shape index (κ1) is 12.3. The predicted octanol–water partition coefficient (Wildman–Crippen LogP) is 4.10. The molecule has 0 radical (unpaired) electrons. The van der Waals surface area contributed by atoms with Gasteiger partial charge < -0.3 is 4.42 Å². The summed E-state index contributed by atoms with van der Waals surface area (Å²) in [5.41, 5.74) is 2.78. The van der Waals surface area contributed by atoms with Crippen molar-refractivity contribution in [2.75, 3.05) is 0 Å². The predicted molar refractivity (Wildman–Crippen MR) is 76.0 cm³/mol. The summed E-state index contributed by atoms with van der Waals surface area (Å²) in [6.07, 6.45) is 0. The second kappa shape index (κ2) is 4.76. The van der Waals surface area contributed by atoms with Crippen molar-refractivity contribution in [3.8, 4) is 0 Å². The Bertz CT molecular complexity index is 791. The van der Waals surface area contributed by atoms with Crippen LogP contribution in [0.3, 0.4) is 0 Å². The zero-order valence-corrected chi connectivity index (χ0v) is 11.2. The Morgan fingerprint density at radius 2 is 1.95 bits per heavy atom. The van der Waals surface area contributed by atoms with Crippen LogP contribution in [-0.4, -0.2) is 4.98 Å². The zero-order valence-electron chi connectivity index (χ0n) is 9.69. The molecule has 0 saturated carbocycles. The van der Waals surface area contributed by atoms with E-state index in [1.807, 2.05) is 24.3 Å². The van der Waals surface area contributed by atoms with Gasteiger partial charge in [-0.3, -0.25) is 4.98 Å². The second-order valence-electron chi connectivity index (χ2n) is 4.15.